The van der Waals surface area contributed by atoms with Crippen molar-refractivity contribution >= 4 is 32.5 Å². The van der Waals surface area contributed by atoms with Gasteiger partial charge in [-0.15, -0.1) is 0 Å². The van der Waals surface area contributed by atoms with Gasteiger partial charge in [0.1, 0.15) is 0 Å². The molecule has 0 bridgehead atoms. The summed E-state index contributed by atoms with van der Waals surface area (Å²) in [6.45, 7) is 5.86. The Morgan fingerprint density at radius 1 is 1.10 bits per heavy atom. The first-order valence-electron chi connectivity index (χ1n) is 6.64. The Bertz CT molecular complexity index is 699. The fourth-order valence-electron chi connectivity index (χ4n) is 2.52. The van der Waals surface area contributed by atoms with Crippen LogP contribution in [0, 0.1) is 20.8 Å². The lowest BCUT2D eigenvalue weighted by molar-refractivity contribution is 0.102. The molecule has 0 radical (unpaired) electrons. The van der Waals surface area contributed by atoms with E-state index in [1.807, 2.05) is 51.1 Å². The Morgan fingerprint density at radius 2 is 1.67 bits per heavy atom. The summed E-state index contributed by atoms with van der Waals surface area (Å²) in [4.78, 5) is 13.1. The molecule has 0 aliphatic rings. The predicted octanol–water partition coefficient (Wildman–Crippen LogP) is 4.36. The van der Waals surface area contributed by atoms with Crippen LogP contribution in [0.5, 0.6) is 0 Å². The van der Waals surface area contributed by atoms with Crippen molar-refractivity contribution < 1.29 is 9.00 Å². The van der Waals surface area contributed by atoms with Gasteiger partial charge in [0.15, 0.2) is 5.78 Å². The summed E-state index contributed by atoms with van der Waals surface area (Å²) in [6.07, 6.45) is 0. The van der Waals surface area contributed by atoms with Crippen molar-refractivity contribution in [3.63, 3.8) is 0 Å². The summed E-state index contributed by atoms with van der Waals surface area (Å²) in [5, 5.41) is 0. The van der Waals surface area contributed by atoms with Crippen LogP contribution < -0.4 is 0 Å². The molecule has 2 aromatic rings. The highest BCUT2D eigenvalue weighted by Gasteiger charge is 2.17. The highest BCUT2D eigenvalue weighted by atomic mass is 79.9. The second kappa shape index (κ2) is 6.67. The maximum absolute atomic E-state index is 12.5. The molecule has 2 rings (SSSR count). The zero-order valence-corrected chi connectivity index (χ0v) is 14.7. The molecule has 0 N–H and O–H groups in total. The molecular formula is C17H17BrO2S. The van der Waals surface area contributed by atoms with E-state index in [0.29, 0.717) is 10.5 Å². The molecule has 0 aliphatic carbocycles. The average molecular weight is 365 g/mol. The van der Waals surface area contributed by atoms with E-state index in [0.717, 1.165) is 21.2 Å². The van der Waals surface area contributed by atoms with Crippen molar-refractivity contribution in [1.82, 2.24) is 0 Å². The van der Waals surface area contributed by atoms with Crippen molar-refractivity contribution in [3.05, 3.63) is 63.1 Å². The third-order valence-corrected chi connectivity index (χ3v) is 5.62. The molecule has 0 saturated heterocycles. The highest BCUT2D eigenvalue weighted by molar-refractivity contribution is 9.10. The molecular weight excluding hydrogens is 348 g/mol. The smallest absolute Gasteiger partial charge is 0.176 e. The van der Waals surface area contributed by atoms with Gasteiger partial charge in [-0.1, -0.05) is 29.8 Å². The van der Waals surface area contributed by atoms with Gasteiger partial charge in [-0.2, -0.15) is 0 Å². The van der Waals surface area contributed by atoms with Gasteiger partial charge in [0.2, 0.25) is 0 Å². The Kier molecular flexibility index (Phi) is 5.12. The van der Waals surface area contributed by atoms with Gasteiger partial charge in [0.05, 0.1) is 21.4 Å². The number of ketones is 1. The molecule has 0 spiro atoms. The lowest BCUT2D eigenvalue weighted by atomic mass is 9.97. The van der Waals surface area contributed by atoms with Crippen LogP contribution in [-0.4, -0.2) is 15.7 Å². The third kappa shape index (κ3) is 3.69. The molecule has 1 unspecified atom stereocenters. The molecule has 0 amide bonds. The van der Waals surface area contributed by atoms with Crippen LogP contribution >= 0.6 is 15.9 Å². The molecule has 0 aliphatic heterocycles. The number of aryl methyl sites for hydroxylation is 3. The van der Waals surface area contributed by atoms with Crippen molar-refractivity contribution in [2.45, 2.75) is 25.7 Å². The zero-order valence-electron chi connectivity index (χ0n) is 12.3. The maximum Gasteiger partial charge on any atom is 0.176 e. The first-order valence-corrected chi connectivity index (χ1v) is 8.75. The fraction of sp³-hybridized carbons (Fsp3) is 0.235. The van der Waals surface area contributed by atoms with E-state index in [-0.39, 0.29) is 11.5 Å². The van der Waals surface area contributed by atoms with Crippen LogP contribution in [0.4, 0.5) is 0 Å². The van der Waals surface area contributed by atoms with E-state index < -0.39 is 10.8 Å². The molecule has 4 heteroatoms. The number of hydrogen-bond donors (Lipinski definition) is 0. The average Bonchev–Trinajstić information content (AvgIpc) is 2.37. The van der Waals surface area contributed by atoms with Gasteiger partial charge < -0.3 is 0 Å². The number of rotatable bonds is 4. The molecule has 2 nitrogen and oxygen atoms in total. The first kappa shape index (κ1) is 16.1. The van der Waals surface area contributed by atoms with Crippen LogP contribution in [0.2, 0.25) is 0 Å². The van der Waals surface area contributed by atoms with E-state index >= 15 is 0 Å². The van der Waals surface area contributed by atoms with Gasteiger partial charge in [0.25, 0.3) is 0 Å². The fourth-order valence-corrected chi connectivity index (χ4v) is 4.40. The standard InChI is InChI=1S/C17H17BrO2S/c1-11-8-12(2)17(13(3)9-11)15(19)10-21(20)16-7-5-4-6-14(16)18/h4-9H,10H2,1-3H3. The molecule has 2 aromatic carbocycles. The van der Waals surface area contributed by atoms with E-state index in [1.54, 1.807) is 6.07 Å². The minimum absolute atomic E-state index is 0.00730. The number of benzene rings is 2. The second-order valence-electron chi connectivity index (χ2n) is 5.12. The van der Waals surface area contributed by atoms with Crippen molar-refractivity contribution in [2.24, 2.45) is 0 Å². The quantitative estimate of drug-likeness (QED) is 0.755. The topological polar surface area (TPSA) is 34.1 Å². The number of carbonyl (C=O) groups is 1. The molecule has 0 heterocycles. The summed E-state index contributed by atoms with van der Waals surface area (Å²) < 4.78 is 13.2. The lowest BCUT2D eigenvalue weighted by Crippen LogP contribution is -2.14. The Balaban J connectivity index is 2.27. The molecule has 110 valence electrons. The zero-order chi connectivity index (χ0) is 15.6. The van der Waals surface area contributed by atoms with Crippen molar-refractivity contribution in [2.75, 3.05) is 5.75 Å². The number of carbonyl (C=O) groups excluding carboxylic acids is 1. The van der Waals surface area contributed by atoms with Crippen molar-refractivity contribution in [3.8, 4) is 0 Å². The van der Waals surface area contributed by atoms with E-state index in [2.05, 4.69) is 15.9 Å². The predicted molar refractivity (Wildman–Crippen MR) is 90.4 cm³/mol. The molecule has 21 heavy (non-hydrogen) atoms. The normalized spacial score (nSPS) is 12.2. The summed E-state index contributed by atoms with van der Waals surface area (Å²) in [7, 11) is -1.34. The van der Waals surface area contributed by atoms with Gasteiger partial charge in [-0.05, 0) is 60.0 Å². The largest absolute Gasteiger partial charge is 0.293 e. The molecule has 0 saturated carbocycles. The van der Waals surface area contributed by atoms with Crippen LogP contribution in [0.25, 0.3) is 0 Å². The minimum Gasteiger partial charge on any atom is -0.293 e. The minimum atomic E-state index is -1.34. The number of halogens is 1. The van der Waals surface area contributed by atoms with Gasteiger partial charge in [-0.3, -0.25) is 9.00 Å². The Morgan fingerprint density at radius 3 is 2.24 bits per heavy atom. The number of Topliss-reactive ketones (excluding diaryl/α,β-unsaturated/α-hetero) is 1. The van der Waals surface area contributed by atoms with E-state index in [9.17, 15) is 9.00 Å². The summed E-state index contributed by atoms with van der Waals surface area (Å²) in [5.41, 5.74) is 3.72. The van der Waals surface area contributed by atoms with E-state index in [4.69, 9.17) is 0 Å². The number of hydrogen-bond acceptors (Lipinski definition) is 2. The molecule has 0 fully saturated rings. The maximum atomic E-state index is 12.5. The lowest BCUT2D eigenvalue weighted by Gasteiger charge is -2.10. The van der Waals surface area contributed by atoms with Gasteiger partial charge >= 0.3 is 0 Å². The molecule has 1 atom stereocenters. The van der Waals surface area contributed by atoms with E-state index in [1.165, 1.54) is 0 Å². The van der Waals surface area contributed by atoms with Crippen LogP contribution in [0.15, 0.2) is 45.8 Å². The van der Waals surface area contributed by atoms with Gasteiger partial charge in [0, 0.05) is 10.0 Å². The summed E-state index contributed by atoms with van der Waals surface area (Å²) in [6, 6.07) is 11.3. The Hall–Kier alpha value is -1.26. The SMILES string of the molecule is Cc1cc(C)c(C(=O)CS(=O)c2ccccc2Br)c(C)c1. The van der Waals surface area contributed by atoms with Crippen LogP contribution in [0.3, 0.4) is 0 Å². The Labute approximate surface area is 136 Å². The highest BCUT2D eigenvalue weighted by Crippen LogP contribution is 2.22. The van der Waals surface area contributed by atoms with Crippen molar-refractivity contribution in [1.29, 1.82) is 0 Å². The monoisotopic (exact) mass is 364 g/mol. The summed E-state index contributed by atoms with van der Waals surface area (Å²) in [5.74, 6) is -0.0630. The molecule has 0 aromatic heterocycles. The van der Waals surface area contributed by atoms with Gasteiger partial charge in [-0.25, -0.2) is 0 Å². The summed E-state index contributed by atoms with van der Waals surface area (Å²) >= 11 is 3.38. The van der Waals surface area contributed by atoms with Crippen LogP contribution in [-0.2, 0) is 10.8 Å². The van der Waals surface area contributed by atoms with Crippen LogP contribution in [0.1, 0.15) is 27.0 Å². The first-order chi connectivity index (χ1) is 9.90. The third-order valence-electron chi connectivity index (χ3n) is 3.30. The second-order valence-corrected chi connectivity index (χ2v) is 7.39.